The van der Waals surface area contributed by atoms with Gasteiger partial charge in [0.15, 0.2) is 18.0 Å². The lowest BCUT2D eigenvalue weighted by Crippen LogP contribution is -2.45. The van der Waals surface area contributed by atoms with Crippen LogP contribution in [0.1, 0.15) is 40.3 Å². The van der Waals surface area contributed by atoms with Gasteiger partial charge in [0.25, 0.3) is 0 Å². The van der Waals surface area contributed by atoms with E-state index in [0.29, 0.717) is 5.52 Å². The second kappa shape index (κ2) is 9.75. The van der Waals surface area contributed by atoms with Crippen LogP contribution < -0.4 is 5.73 Å². The lowest BCUT2D eigenvalue weighted by Gasteiger charge is -2.28. The summed E-state index contributed by atoms with van der Waals surface area (Å²) in [6.45, 7) is 7.55. The SMILES string of the molecule is CC(=O)O[C@H]1[C@@H](OC(C)=O)[C@](C#N)(c2ccc3c(N)ncnn23)O[C@@H]1COC(=O)OCC(C)(C)C. The smallest absolute Gasteiger partial charge is 0.455 e. The highest BCUT2D eigenvalue weighted by atomic mass is 16.7. The van der Waals surface area contributed by atoms with E-state index in [2.05, 4.69) is 10.1 Å². The minimum absolute atomic E-state index is 0.0974. The quantitative estimate of drug-likeness (QED) is 0.457. The average Bonchev–Trinajstić information content (AvgIpc) is 3.31. The predicted molar refractivity (Wildman–Crippen MR) is 117 cm³/mol. The summed E-state index contributed by atoms with van der Waals surface area (Å²) in [5.74, 6) is -1.34. The molecule has 0 saturated carbocycles. The lowest BCUT2D eigenvalue weighted by molar-refractivity contribution is -0.166. The van der Waals surface area contributed by atoms with E-state index >= 15 is 0 Å². The molecule has 1 aliphatic heterocycles. The Bertz CT molecular complexity index is 1170. The van der Waals surface area contributed by atoms with Gasteiger partial charge in [-0.3, -0.25) is 9.59 Å². The molecule has 0 bridgehead atoms. The van der Waals surface area contributed by atoms with E-state index in [1.54, 1.807) is 6.07 Å². The van der Waals surface area contributed by atoms with Gasteiger partial charge in [0, 0.05) is 13.8 Å². The van der Waals surface area contributed by atoms with Gasteiger partial charge in [0.1, 0.15) is 30.6 Å². The fourth-order valence-corrected chi connectivity index (χ4v) is 3.64. The van der Waals surface area contributed by atoms with Gasteiger partial charge < -0.3 is 29.4 Å². The van der Waals surface area contributed by atoms with Crippen molar-refractivity contribution in [3.8, 4) is 6.07 Å². The zero-order valence-electron chi connectivity index (χ0n) is 20.0. The number of nitriles is 1. The number of nitrogen functional groups attached to an aromatic ring is 1. The van der Waals surface area contributed by atoms with Crippen molar-refractivity contribution in [2.24, 2.45) is 5.41 Å². The van der Waals surface area contributed by atoms with Crippen LogP contribution in [0.2, 0.25) is 0 Å². The standard InChI is InChI=1S/C22H27N5O8/c1-12(28)33-17-15(8-31-20(30)32-10-21(3,4)5)35-22(9-23,18(17)34-13(2)29)16-7-6-14-19(24)25-11-26-27(14)16/h6-7,11,15,17-18H,8,10H2,1-5H3,(H2,24,25,26)/t15-,17-,18-,22+/m1/s1. The Labute approximate surface area is 201 Å². The topological polar surface area (TPSA) is 177 Å². The zero-order chi connectivity index (χ0) is 26.0. The van der Waals surface area contributed by atoms with Crippen LogP contribution >= 0.6 is 0 Å². The number of esters is 2. The van der Waals surface area contributed by atoms with Crippen molar-refractivity contribution in [3.05, 3.63) is 24.2 Å². The third-order valence-corrected chi connectivity index (χ3v) is 5.01. The van der Waals surface area contributed by atoms with Crippen LogP contribution in [-0.4, -0.2) is 64.2 Å². The molecule has 0 aliphatic carbocycles. The molecule has 3 rings (SSSR count). The number of aromatic nitrogens is 3. The number of carbonyl (C=O) groups is 3. The summed E-state index contributed by atoms with van der Waals surface area (Å²) in [6.07, 6.45) is -3.70. The van der Waals surface area contributed by atoms with Gasteiger partial charge in [0.05, 0.1) is 12.3 Å². The van der Waals surface area contributed by atoms with Crippen molar-refractivity contribution in [2.75, 3.05) is 18.9 Å². The molecule has 1 fully saturated rings. The molecule has 1 saturated heterocycles. The first-order chi connectivity index (χ1) is 16.4. The highest BCUT2D eigenvalue weighted by Gasteiger charge is 2.62. The summed E-state index contributed by atoms with van der Waals surface area (Å²) in [5, 5.41) is 14.4. The van der Waals surface area contributed by atoms with Gasteiger partial charge in [-0.25, -0.2) is 14.3 Å². The van der Waals surface area contributed by atoms with Gasteiger partial charge in [0.2, 0.25) is 5.60 Å². The Morgan fingerprint density at radius 2 is 1.89 bits per heavy atom. The van der Waals surface area contributed by atoms with Crippen LogP contribution in [0.4, 0.5) is 10.6 Å². The summed E-state index contributed by atoms with van der Waals surface area (Å²) in [5.41, 5.74) is 4.13. The summed E-state index contributed by atoms with van der Waals surface area (Å²) < 4.78 is 28.4. The third kappa shape index (κ3) is 5.43. The normalized spacial score (nSPS) is 23.9. The number of nitrogens with zero attached hydrogens (tertiary/aromatic N) is 4. The Hall–Kier alpha value is -3.92. The number of nitrogens with two attached hydrogens (primary N) is 1. The molecule has 0 radical (unpaired) electrons. The first kappa shape index (κ1) is 25.7. The van der Waals surface area contributed by atoms with E-state index in [9.17, 15) is 19.6 Å². The summed E-state index contributed by atoms with van der Waals surface area (Å²) in [4.78, 5) is 39.9. The minimum atomic E-state index is -2.00. The maximum atomic E-state index is 12.1. The fourth-order valence-electron chi connectivity index (χ4n) is 3.64. The second-order valence-electron chi connectivity index (χ2n) is 9.18. The molecule has 13 heteroatoms. The van der Waals surface area contributed by atoms with Crippen LogP contribution in [0.5, 0.6) is 0 Å². The van der Waals surface area contributed by atoms with E-state index in [0.717, 1.165) is 13.8 Å². The third-order valence-electron chi connectivity index (χ3n) is 5.01. The van der Waals surface area contributed by atoms with Crippen LogP contribution in [0.3, 0.4) is 0 Å². The van der Waals surface area contributed by atoms with Crippen LogP contribution in [0, 0.1) is 16.7 Å². The molecular formula is C22H27N5O8. The van der Waals surface area contributed by atoms with E-state index in [1.165, 1.54) is 16.9 Å². The Kier molecular flexibility index (Phi) is 7.16. The first-order valence-corrected chi connectivity index (χ1v) is 10.7. The minimum Gasteiger partial charge on any atom is -0.455 e. The summed E-state index contributed by atoms with van der Waals surface area (Å²) in [7, 11) is 0. The molecule has 0 unspecified atom stereocenters. The molecule has 2 N–H and O–H groups in total. The van der Waals surface area contributed by atoms with Crippen molar-refractivity contribution in [1.82, 2.24) is 14.6 Å². The number of hydrogen-bond donors (Lipinski definition) is 1. The summed E-state index contributed by atoms with van der Waals surface area (Å²) in [6, 6.07) is 5.10. The fraction of sp³-hybridized carbons (Fsp3) is 0.545. The molecular weight excluding hydrogens is 462 g/mol. The van der Waals surface area contributed by atoms with Gasteiger partial charge in [-0.1, -0.05) is 20.8 Å². The first-order valence-electron chi connectivity index (χ1n) is 10.7. The molecule has 3 heterocycles. The maximum Gasteiger partial charge on any atom is 0.508 e. The number of rotatable bonds is 6. The van der Waals surface area contributed by atoms with Gasteiger partial charge in [-0.2, -0.15) is 10.4 Å². The van der Waals surface area contributed by atoms with E-state index in [4.69, 9.17) is 29.4 Å². The molecule has 0 spiro atoms. The number of fused-ring (bicyclic) bond motifs is 1. The monoisotopic (exact) mass is 489 g/mol. The zero-order valence-corrected chi connectivity index (χ0v) is 20.0. The van der Waals surface area contributed by atoms with Crippen molar-refractivity contribution >= 4 is 29.4 Å². The van der Waals surface area contributed by atoms with Crippen molar-refractivity contribution in [1.29, 1.82) is 5.26 Å². The molecule has 4 atom stereocenters. The summed E-state index contributed by atoms with van der Waals surface area (Å²) >= 11 is 0. The predicted octanol–water partition coefficient (Wildman–Crippen LogP) is 1.49. The van der Waals surface area contributed by atoms with Gasteiger partial charge >= 0.3 is 18.1 Å². The van der Waals surface area contributed by atoms with E-state index < -0.39 is 48.6 Å². The number of hydrogen-bond acceptors (Lipinski definition) is 12. The highest BCUT2D eigenvalue weighted by molar-refractivity contribution is 5.69. The van der Waals surface area contributed by atoms with Crippen molar-refractivity contribution in [3.63, 3.8) is 0 Å². The number of carbonyl (C=O) groups excluding carboxylic acids is 3. The Morgan fingerprint density at radius 1 is 1.20 bits per heavy atom. The maximum absolute atomic E-state index is 12.1. The van der Waals surface area contributed by atoms with Gasteiger partial charge in [-0.05, 0) is 17.5 Å². The highest BCUT2D eigenvalue weighted by Crippen LogP contribution is 2.43. The largest absolute Gasteiger partial charge is 0.508 e. The second-order valence-corrected chi connectivity index (χ2v) is 9.18. The van der Waals surface area contributed by atoms with Crippen LogP contribution in [0.15, 0.2) is 18.5 Å². The molecule has 188 valence electrons. The number of anilines is 1. The molecule has 2 aromatic heterocycles. The average molecular weight is 489 g/mol. The van der Waals surface area contributed by atoms with Crippen LogP contribution in [0.25, 0.3) is 5.52 Å². The van der Waals surface area contributed by atoms with E-state index in [-0.39, 0.29) is 23.5 Å². The van der Waals surface area contributed by atoms with Gasteiger partial charge in [-0.15, -0.1) is 0 Å². The molecule has 0 aromatic carbocycles. The Balaban J connectivity index is 2.00. The van der Waals surface area contributed by atoms with Crippen molar-refractivity contribution < 1.29 is 38.1 Å². The Morgan fingerprint density at radius 3 is 2.49 bits per heavy atom. The molecule has 0 amide bonds. The van der Waals surface area contributed by atoms with Crippen LogP contribution in [-0.2, 0) is 38.9 Å². The van der Waals surface area contributed by atoms with Crippen molar-refractivity contribution in [2.45, 2.75) is 58.5 Å². The molecule has 13 nitrogen and oxygen atoms in total. The van der Waals surface area contributed by atoms with E-state index in [1.807, 2.05) is 26.8 Å². The lowest BCUT2D eigenvalue weighted by atomic mass is 9.92. The molecule has 35 heavy (non-hydrogen) atoms. The number of ether oxygens (including phenoxy) is 5. The molecule has 1 aliphatic rings. The molecule has 2 aromatic rings.